The summed E-state index contributed by atoms with van der Waals surface area (Å²) in [6, 6.07) is 0. The molecule has 49 valence electrons. The Morgan fingerprint density at radius 2 is 2.56 bits per heavy atom. The van der Waals surface area contributed by atoms with Crippen molar-refractivity contribution in [3.05, 3.63) is 11.6 Å². The van der Waals surface area contributed by atoms with E-state index in [1.54, 1.807) is 0 Å². The van der Waals surface area contributed by atoms with E-state index >= 15 is 0 Å². The fourth-order valence-electron chi connectivity index (χ4n) is 1.07. The summed E-state index contributed by atoms with van der Waals surface area (Å²) in [5, 5.41) is 0. The molecule has 1 atom stereocenters. The summed E-state index contributed by atoms with van der Waals surface area (Å²) < 4.78 is 0. The maximum absolute atomic E-state index is 10.1. The molecular weight excluding hydrogens is 112 g/mol. The van der Waals surface area contributed by atoms with Gasteiger partial charge in [0.05, 0.1) is 0 Å². The Labute approximate surface area is 55.8 Å². The SMILES string of the molecule is CC1=CCC([C]=O)CC1. The minimum Gasteiger partial charge on any atom is -0.291 e. The lowest BCUT2D eigenvalue weighted by Gasteiger charge is -2.12. The quantitative estimate of drug-likeness (QED) is 0.486. The molecule has 9 heavy (non-hydrogen) atoms. The third-order valence-corrected chi connectivity index (χ3v) is 1.80. The Morgan fingerprint density at radius 3 is 3.00 bits per heavy atom. The minimum absolute atomic E-state index is 0.189. The molecule has 0 aliphatic heterocycles. The second-order valence-electron chi connectivity index (χ2n) is 2.64. The van der Waals surface area contributed by atoms with Crippen molar-refractivity contribution in [2.45, 2.75) is 26.2 Å². The summed E-state index contributed by atoms with van der Waals surface area (Å²) in [6.07, 6.45) is 7.17. The van der Waals surface area contributed by atoms with Crippen molar-refractivity contribution >= 4 is 6.29 Å². The Bertz CT molecular complexity index is 136. The van der Waals surface area contributed by atoms with E-state index in [-0.39, 0.29) is 5.92 Å². The lowest BCUT2D eigenvalue weighted by molar-refractivity contribution is 0.499. The van der Waals surface area contributed by atoms with E-state index in [2.05, 4.69) is 13.0 Å². The summed E-state index contributed by atoms with van der Waals surface area (Å²) in [4.78, 5) is 10.1. The maximum atomic E-state index is 10.1. The standard InChI is InChI=1S/C8H11O/c1-7-2-4-8(6-9)5-3-7/h2,8H,3-5H2,1H3. The molecular formula is C8H11O. The Kier molecular flexibility index (Phi) is 2.04. The number of rotatable bonds is 1. The molecule has 1 rings (SSSR count). The predicted molar refractivity (Wildman–Crippen MR) is 36.8 cm³/mol. The predicted octanol–water partition coefficient (Wildman–Crippen LogP) is 1.84. The van der Waals surface area contributed by atoms with Crippen molar-refractivity contribution in [1.29, 1.82) is 0 Å². The van der Waals surface area contributed by atoms with Gasteiger partial charge in [-0.25, -0.2) is 0 Å². The largest absolute Gasteiger partial charge is 0.291 e. The molecule has 0 aromatic rings. The third-order valence-electron chi connectivity index (χ3n) is 1.80. The molecule has 0 saturated heterocycles. The molecule has 0 spiro atoms. The van der Waals surface area contributed by atoms with Gasteiger partial charge in [-0.1, -0.05) is 11.6 Å². The number of hydrogen-bond acceptors (Lipinski definition) is 1. The van der Waals surface area contributed by atoms with Crippen LogP contribution in [0.25, 0.3) is 0 Å². The smallest absolute Gasteiger partial charge is 0.202 e. The molecule has 0 N–H and O–H groups in total. The monoisotopic (exact) mass is 123 g/mol. The highest BCUT2D eigenvalue weighted by molar-refractivity contribution is 5.55. The summed E-state index contributed by atoms with van der Waals surface area (Å²) in [5.74, 6) is 0.189. The molecule has 0 fully saturated rings. The molecule has 0 bridgehead atoms. The van der Waals surface area contributed by atoms with Crippen molar-refractivity contribution in [3.63, 3.8) is 0 Å². The van der Waals surface area contributed by atoms with E-state index in [1.807, 2.05) is 6.29 Å². The molecule has 0 saturated carbocycles. The maximum Gasteiger partial charge on any atom is 0.202 e. The van der Waals surface area contributed by atoms with Gasteiger partial charge in [0, 0.05) is 5.92 Å². The zero-order valence-corrected chi connectivity index (χ0v) is 5.68. The normalized spacial score (nSPS) is 27.2. The summed E-state index contributed by atoms with van der Waals surface area (Å²) in [5.41, 5.74) is 1.42. The van der Waals surface area contributed by atoms with Crippen molar-refractivity contribution in [3.8, 4) is 0 Å². The minimum atomic E-state index is 0.189. The lowest BCUT2D eigenvalue weighted by atomic mass is 9.92. The second kappa shape index (κ2) is 2.81. The second-order valence-corrected chi connectivity index (χ2v) is 2.64. The highest BCUT2D eigenvalue weighted by Crippen LogP contribution is 2.20. The lowest BCUT2D eigenvalue weighted by Crippen LogP contribution is -2.04. The van der Waals surface area contributed by atoms with Crippen LogP contribution in [0.15, 0.2) is 11.6 Å². The van der Waals surface area contributed by atoms with Crippen LogP contribution in [0.4, 0.5) is 0 Å². The first-order valence-corrected chi connectivity index (χ1v) is 3.36. The van der Waals surface area contributed by atoms with Crippen LogP contribution < -0.4 is 0 Å². The van der Waals surface area contributed by atoms with Crippen molar-refractivity contribution in [1.82, 2.24) is 0 Å². The van der Waals surface area contributed by atoms with Crippen LogP contribution in [0.2, 0.25) is 0 Å². The van der Waals surface area contributed by atoms with Gasteiger partial charge in [-0.15, -0.1) is 0 Å². The average molecular weight is 123 g/mol. The molecule has 1 aliphatic carbocycles. The number of carbonyl (C=O) groups excluding carboxylic acids is 1. The van der Waals surface area contributed by atoms with E-state index < -0.39 is 0 Å². The first kappa shape index (κ1) is 6.53. The first-order valence-electron chi connectivity index (χ1n) is 3.36. The van der Waals surface area contributed by atoms with Crippen LogP contribution in [0.5, 0.6) is 0 Å². The summed E-state index contributed by atoms with van der Waals surface area (Å²) >= 11 is 0. The zero-order chi connectivity index (χ0) is 6.69. The summed E-state index contributed by atoms with van der Waals surface area (Å²) in [7, 11) is 0. The fourth-order valence-corrected chi connectivity index (χ4v) is 1.07. The van der Waals surface area contributed by atoms with Crippen LogP contribution in [0.3, 0.4) is 0 Å². The highest BCUT2D eigenvalue weighted by Gasteiger charge is 2.10. The summed E-state index contributed by atoms with van der Waals surface area (Å²) in [6.45, 7) is 2.11. The third kappa shape index (κ3) is 1.67. The van der Waals surface area contributed by atoms with Crippen LogP contribution in [0, 0.1) is 5.92 Å². The molecule has 1 aliphatic rings. The van der Waals surface area contributed by atoms with Crippen LogP contribution in [0.1, 0.15) is 26.2 Å². The molecule has 0 heterocycles. The highest BCUT2D eigenvalue weighted by atomic mass is 16.1. The van der Waals surface area contributed by atoms with Gasteiger partial charge in [-0.2, -0.15) is 0 Å². The first-order chi connectivity index (χ1) is 4.33. The van der Waals surface area contributed by atoms with Gasteiger partial charge in [0.1, 0.15) is 0 Å². The molecule has 1 nitrogen and oxygen atoms in total. The number of hydrogen-bond donors (Lipinski definition) is 0. The van der Waals surface area contributed by atoms with Gasteiger partial charge in [-0.05, 0) is 26.2 Å². The number of allylic oxidation sites excluding steroid dienone is 2. The zero-order valence-electron chi connectivity index (χ0n) is 5.68. The van der Waals surface area contributed by atoms with E-state index in [9.17, 15) is 4.79 Å². The van der Waals surface area contributed by atoms with Gasteiger partial charge in [0.2, 0.25) is 6.29 Å². The van der Waals surface area contributed by atoms with Gasteiger partial charge < -0.3 is 0 Å². The van der Waals surface area contributed by atoms with Gasteiger partial charge in [0.15, 0.2) is 0 Å². The van der Waals surface area contributed by atoms with Crippen LogP contribution in [-0.2, 0) is 4.79 Å². The molecule has 1 heteroatoms. The van der Waals surface area contributed by atoms with E-state index in [0.29, 0.717) is 0 Å². The molecule has 1 unspecified atom stereocenters. The van der Waals surface area contributed by atoms with Crippen LogP contribution >= 0.6 is 0 Å². The van der Waals surface area contributed by atoms with Crippen molar-refractivity contribution in [2.24, 2.45) is 5.92 Å². The van der Waals surface area contributed by atoms with Crippen molar-refractivity contribution < 1.29 is 4.79 Å². The van der Waals surface area contributed by atoms with Gasteiger partial charge >= 0.3 is 0 Å². The van der Waals surface area contributed by atoms with Crippen LogP contribution in [-0.4, -0.2) is 6.29 Å². The topological polar surface area (TPSA) is 17.1 Å². The average Bonchev–Trinajstić information content (AvgIpc) is 1.90. The van der Waals surface area contributed by atoms with Gasteiger partial charge in [0.25, 0.3) is 0 Å². The van der Waals surface area contributed by atoms with E-state index in [0.717, 1.165) is 19.3 Å². The Balaban J connectivity index is 2.45. The Morgan fingerprint density at radius 1 is 1.78 bits per heavy atom. The molecule has 0 aromatic carbocycles. The molecule has 1 radical (unpaired) electrons. The van der Waals surface area contributed by atoms with Gasteiger partial charge in [-0.3, -0.25) is 4.79 Å². The Hall–Kier alpha value is -0.590. The van der Waals surface area contributed by atoms with E-state index in [1.165, 1.54) is 5.57 Å². The van der Waals surface area contributed by atoms with Crippen molar-refractivity contribution in [2.75, 3.05) is 0 Å². The fraction of sp³-hybridized carbons (Fsp3) is 0.625. The van der Waals surface area contributed by atoms with E-state index in [4.69, 9.17) is 0 Å². The molecule has 0 aromatic heterocycles. The molecule has 0 amide bonds.